The molecule has 1 aromatic rings. The summed E-state index contributed by atoms with van der Waals surface area (Å²) in [6, 6.07) is 5.17. The predicted octanol–water partition coefficient (Wildman–Crippen LogP) is 2.83. The highest BCUT2D eigenvalue weighted by Gasteiger charge is 2.14. The van der Waals surface area contributed by atoms with Gasteiger partial charge in [-0.25, -0.2) is 4.39 Å². The van der Waals surface area contributed by atoms with Crippen LogP contribution in [-0.2, 0) is 6.54 Å². The number of nitrogens with two attached hydrogens (primary N) is 1. The smallest absolute Gasteiger partial charge is 0.146 e. The molecule has 0 atom stereocenters. The van der Waals surface area contributed by atoms with Crippen molar-refractivity contribution in [3.05, 3.63) is 34.6 Å². The fraction of sp³-hybridized carbons (Fsp3) is 0.462. The van der Waals surface area contributed by atoms with Crippen LogP contribution in [0.25, 0.3) is 0 Å². The molecule has 0 aliphatic rings. The molecule has 0 fully saturated rings. The summed E-state index contributed by atoms with van der Waals surface area (Å²) in [6.45, 7) is 5.03. The van der Waals surface area contributed by atoms with Gasteiger partial charge in [0.25, 0.3) is 0 Å². The Kier molecular flexibility index (Phi) is 6.05. The first kappa shape index (κ1) is 15.7. The number of hydrogen-bond acceptors (Lipinski definition) is 3. The van der Waals surface area contributed by atoms with Crippen molar-refractivity contribution in [3.8, 4) is 0 Å². The number of oxime groups is 1. The van der Waals surface area contributed by atoms with E-state index in [0.29, 0.717) is 25.1 Å². The standard InChI is InChI=1S/C13H19ClFN3O/c1-9(2)18(7-6-12(16)17-19)8-10-4-3-5-11(14)13(10)15/h3-5,9,19H,6-8H2,1-2H3,(H2,16,17). The molecule has 0 saturated carbocycles. The first-order chi connectivity index (χ1) is 8.95. The number of amidine groups is 1. The second-order valence-electron chi connectivity index (χ2n) is 4.62. The molecule has 6 heteroatoms. The molecule has 106 valence electrons. The van der Waals surface area contributed by atoms with Crippen LogP contribution in [-0.4, -0.2) is 28.5 Å². The van der Waals surface area contributed by atoms with Crippen molar-refractivity contribution in [1.82, 2.24) is 4.90 Å². The van der Waals surface area contributed by atoms with E-state index in [0.717, 1.165) is 0 Å². The van der Waals surface area contributed by atoms with Crippen LogP contribution in [0.3, 0.4) is 0 Å². The lowest BCUT2D eigenvalue weighted by Gasteiger charge is -2.26. The van der Waals surface area contributed by atoms with Gasteiger partial charge < -0.3 is 10.9 Å². The van der Waals surface area contributed by atoms with Crippen molar-refractivity contribution >= 4 is 17.4 Å². The largest absolute Gasteiger partial charge is 0.409 e. The van der Waals surface area contributed by atoms with Crippen molar-refractivity contribution in [2.75, 3.05) is 6.54 Å². The Balaban J connectivity index is 2.76. The van der Waals surface area contributed by atoms with E-state index in [1.54, 1.807) is 12.1 Å². The molecule has 19 heavy (non-hydrogen) atoms. The van der Waals surface area contributed by atoms with Gasteiger partial charge in [-0.1, -0.05) is 28.9 Å². The van der Waals surface area contributed by atoms with Gasteiger partial charge in [0.2, 0.25) is 0 Å². The first-order valence-corrected chi connectivity index (χ1v) is 6.46. The Hall–Kier alpha value is -1.33. The first-order valence-electron chi connectivity index (χ1n) is 6.09. The second kappa shape index (κ2) is 7.31. The summed E-state index contributed by atoms with van der Waals surface area (Å²) in [5, 5.41) is 11.6. The van der Waals surface area contributed by atoms with Crippen LogP contribution in [0.15, 0.2) is 23.4 Å². The number of benzene rings is 1. The number of nitrogens with zero attached hydrogens (tertiary/aromatic N) is 2. The van der Waals surface area contributed by atoms with Crippen LogP contribution in [0.5, 0.6) is 0 Å². The Labute approximate surface area is 117 Å². The lowest BCUT2D eigenvalue weighted by Crippen LogP contribution is -2.33. The predicted molar refractivity (Wildman–Crippen MR) is 75.0 cm³/mol. The average molecular weight is 288 g/mol. The monoisotopic (exact) mass is 287 g/mol. The van der Waals surface area contributed by atoms with Crippen LogP contribution in [0.4, 0.5) is 4.39 Å². The average Bonchev–Trinajstić information content (AvgIpc) is 2.38. The number of rotatable bonds is 6. The minimum absolute atomic E-state index is 0.123. The molecular weight excluding hydrogens is 269 g/mol. The molecular formula is C13H19ClFN3O. The van der Waals surface area contributed by atoms with Crippen molar-refractivity contribution in [2.45, 2.75) is 32.9 Å². The van der Waals surface area contributed by atoms with E-state index in [-0.39, 0.29) is 16.9 Å². The molecule has 0 radical (unpaired) electrons. The molecule has 0 bridgehead atoms. The topological polar surface area (TPSA) is 61.8 Å². The van der Waals surface area contributed by atoms with Gasteiger partial charge in [0, 0.05) is 31.1 Å². The fourth-order valence-corrected chi connectivity index (χ4v) is 1.91. The third-order valence-electron chi connectivity index (χ3n) is 2.92. The molecule has 0 amide bonds. The van der Waals surface area contributed by atoms with Gasteiger partial charge in [-0.3, -0.25) is 4.90 Å². The van der Waals surface area contributed by atoms with E-state index in [1.807, 2.05) is 18.7 Å². The van der Waals surface area contributed by atoms with Gasteiger partial charge in [0.05, 0.1) is 5.02 Å². The van der Waals surface area contributed by atoms with Crippen LogP contribution in [0.2, 0.25) is 5.02 Å². The summed E-state index contributed by atoms with van der Waals surface area (Å²) in [7, 11) is 0. The minimum Gasteiger partial charge on any atom is -0.409 e. The summed E-state index contributed by atoms with van der Waals surface area (Å²) >= 11 is 5.76. The van der Waals surface area contributed by atoms with Crippen molar-refractivity contribution in [1.29, 1.82) is 0 Å². The second-order valence-corrected chi connectivity index (χ2v) is 5.03. The molecule has 0 heterocycles. The molecule has 0 unspecified atom stereocenters. The van der Waals surface area contributed by atoms with E-state index in [4.69, 9.17) is 22.5 Å². The maximum Gasteiger partial charge on any atom is 0.146 e. The normalized spacial score (nSPS) is 12.4. The summed E-state index contributed by atoms with van der Waals surface area (Å²) in [5.74, 6) is -0.226. The van der Waals surface area contributed by atoms with E-state index < -0.39 is 5.82 Å². The highest BCUT2D eigenvalue weighted by Crippen LogP contribution is 2.20. The molecule has 0 aliphatic heterocycles. The van der Waals surface area contributed by atoms with Crippen LogP contribution in [0.1, 0.15) is 25.8 Å². The maximum absolute atomic E-state index is 13.8. The van der Waals surface area contributed by atoms with Gasteiger partial charge in [-0.15, -0.1) is 0 Å². The zero-order valence-electron chi connectivity index (χ0n) is 11.1. The van der Waals surface area contributed by atoms with Crippen LogP contribution < -0.4 is 5.73 Å². The molecule has 0 aromatic heterocycles. The lowest BCUT2D eigenvalue weighted by molar-refractivity contribution is 0.215. The van der Waals surface area contributed by atoms with Gasteiger partial charge in [-0.05, 0) is 19.9 Å². The van der Waals surface area contributed by atoms with Crippen LogP contribution in [0, 0.1) is 5.82 Å². The number of hydrogen-bond donors (Lipinski definition) is 2. The van der Waals surface area contributed by atoms with Gasteiger partial charge >= 0.3 is 0 Å². The quantitative estimate of drug-likeness (QED) is 0.366. The SMILES string of the molecule is CC(C)N(CC/C(N)=N/O)Cc1cccc(Cl)c1F. The van der Waals surface area contributed by atoms with E-state index in [1.165, 1.54) is 6.07 Å². The summed E-state index contributed by atoms with van der Waals surface area (Å²) in [4.78, 5) is 2.03. The third-order valence-corrected chi connectivity index (χ3v) is 3.21. The molecule has 0 aliphatic carbocycles. The Bertz CT molecular complexity index is 452. The fourth-order valence-electron chi connectivity index (χ4n) is 1.72. The molecule has 0 saturated heterocycles. The lowest BCUT2D eigenvalue weighted by atomic mass is 10.1. The zero-order chi connectivity index (χ0) is 14.4. The molecule has 1 rings (SSSR count). The number of halogens is 2. The van der Waals surface area contributed by atoms with Gasteiger partial charge in [0.1, 0.15) is 11.7 Å². The Morgan fingerprint density at radius 1 is 1.53 bits per heavy atom. The summed E-state index contributed by atoms with van der Waals surface area (Å²) < 4.78 is 13.8. The van der Waals surface area contributed by atoms with Crippen LogP contribution >= 0.6 is 11.6 Å². The molecule has 4 nitrogen and oxygen atoms in total. The van der Waals surface area contributed by atoms with E-state index >= 15 is 0 Å². The molecule has 3 N–H and O–H groups in total. The van der Waals surface area contributed by atoms with Gasteiger partial charge in [0.15, 0.2) is 0 Å². The van der Waals surface area contributed by atoms with E-state index in [2.05, 4.69) is 5.16 Å². The van der Waals surface area contributed by atoms with Crippen molar-refractivity contribution in [3.63, 3.8) is 0 Å². The Morgan fingerprint density at radius 2 is 2.21 bits per heavy atom. The minimum atomic E-state index is -0.390. The Morgan fingerprint density at radius 3 is 2.79 bits per heavy atom. The summed E-state index contributed by atoms with van der Waals surface area (Å²) in [6.07, 6.45) is 0.427. The molecule has 0 spiro atoms. The van der Waals surface area contributed by atoms with Crippen molar-refractivity contribution in [2.24, 2.45) is 10.9 Å². The van der Waals surface area contributed by atoms with Gasteiger partial charge in [-0.2, -0.15) is 0 Å². The maximum atomic E-state index is 13.8. The summed E-state index contributed by atoms with van der Waals surface area (Å²) in [5.41, 5.74) is 5.99. The zero-order valence-corrected chi connectivity index (χ0v) is 11.9. The highest BCUT2D eigenvalue weighted by molar-refractivity contribution is 6.30. The van der Waals surface area contributed by atoms with E-state index in [9.17, 15) is 4.39 Å². The third kappa shape index (κ3) is 4.69. The van der Waals surface area contributed by atoms with Crippen molar-refractivity contribution < 1.29 is 9.60 Å². The molecule has 1 aromatic carbocycles. The highest BCUT2D eigenvalue weighted by atomic mass is 35.5.